The van der Waals surface area contributed by atoms with Gasteiger partial charge in [0.05, 0.1) is 0 Å². The maximum Gasteiger partial charge on any atom is 0.0495 e. The summed E-state index contributed by atoms with van der Waals surface area (Å²) in [5, 5.41) is 4.45. The normalized spacial score (nSPS) is 27.8. The molecule has 3 N–H and O–H groups in total. The Balaban J connectivity index is 2.07. The Kier molecular flexibility index (Phi) is 5.12. The van der Waals surface area contributed by atoms with E-state index in [0.717, 1.165) is 16.6 Å². The van der Waals surface area contributed by atoms with Crippen LogP contribution >= 0.6 is 11.6 Å². The number of benzene rings is 1. The minimum absolute atomic E-state index is 0.0672. The maximum atomic E-state index is 6.08. The van der Waals surface area contributed by atoms with Crippen LogP contribution in [0.4, 0.5) is 5.69 Å². The molecule has 2 atom stereocenters. The topological polar surface area (TPSA) is 38.0 Å². The fraction of sp³-hybridized carbons (Fsp3) is 0.625. The molecule has 1 aliphatic rings. The van der Waals surface area contributed by atoms with E-state index < -0.39 is 0 Å². The number of anilines is 1. The van der Waals surface area contributed by atoms with Crippen molar-refractivity contribution in [3.05, 3.63) is 29.3 Å². The van der Waals surface area contributed by atoms with E-state index in [1.807, 2.05) is 24.3 Å². The van der Waals surface area contributed by atoms with Gasteiger partial charge in [0.25, 0.3) is 0 Å². The Bertz CT molecular complexity index is 390. The van der Waals surface area contributed by atoms with Gasteiger partial charge >= 0.3 is 0 Å². The van der Waals surface area contributed by atoms with Gasteiger partial charge in [-0.05, 0) is 49.4 Å². The van der Waals surface area contributed by atoms with Crippen molar-refractivity contribution in [2.45, 2.75) is 51.0 Å². The first kappa shape index (κ1) is 14.7. The van der Waals surface area contributed by atoms with Crippen molar-refractivity contribution in [3.63, 3.8) is 0 Å². The van der Waals surface area contributed by atoms with Crippen molar-refractivity contribution in [1.82, 2.24) is 0 Å². The zero-order valence-corrected chi connectivity index (χ0v) is 12.5. The van der Waals surface area contributed by atoms with Gasteiger partial charge in [0.15, 0.2) is 0 Å². The number of nitrogens with two attached hydrogens (primary N) is 1. The van der Waals surface area contributed by atoms with Gasteiger partial charge in [0.1, 0.15) is 0 Å². The maximum absolute atomic E-state index is 6.08. The third kappa shape index (κ3) is 3.87. The Hall–Kier alpha value is -0.730. The van der Waals surface area contributed by atoms with Gasteiger partial charge < -0.3 is 11.1 Å². The molecule has 0 amide bonds. The van der Waals surface area contributed by atoms with E-state index >= 15 is 0 Å². The van der Waals surface area contributed by atoms with E-state index in [0.29, 0.717) is 6.54 Å². The van der Waals surface area contributed by atoms with Crippen LogP contribution in [-0.4, -0.2) is 12.1 Å². The van der Waals surface area contributed by atoms with Crippen LogP contribution in [0.3, 0.4) is 0 Å². The van der Waals surface area contributed by atoms with Crippen molar-refractivity contribution in [3.8, 4) is 0 Å². The molecule has 0 radical (unpaired) electrons. The molecule has 1 saturated carbocycles. The number of hydrogen-bond donors (Lipinski definition) is 2. The lowest BCUT2D eigenvalue weighted by molar-refractivity contribution is 0.398. The summed E-state index contributed by atoms with van der Waals surface area (Å²) in [6.45, 7) is 3.00. The van der Waals surface area contributed by atoms with E-state index in [9.17, 15) is 0 Å². The Morgan fingerprint density at radius 1 is 1.26 bits per heavy atom. The molecule has 1 aromatic rings. The molecule has 3 heteroatoms. The molecule has 0 bridgehead atoms. The molecule has 2 nitrogen and oxygen atoms in total. The molecule has 1 fully saturated rings. The number of hydrogen-bond acceptors (Lipinski definition) is 2. The predicted octanol–water partition coefficient (Wildman–Crippen LogP) is 4.44. The van der Waals surface area contributed by atoms with Gasteiger partial charge in [-0.15, -0.1) is 0 Å². The molecular weight excluding hydrogens is 256 g/mol. The zero-order chi connectivity index (χ0) is 13.7. The van der Waals surface area contributed by atoms with Crippen LogP contribution in [0.15, 0.2) is 24.3 Å². The average Bonchev–Trinajstić information content (AvgIpc) is 2.64. The fourth-order valence-electron chi connectivity index (χ4n) is 3.11. The molecule has 0 heterocycles. The smallest absolute Gasteiger partial charge is 0.0495 e. The van der Waals surface area contributed by atoms with Crippen molar-refractivity contribution in [2.24, 2.45) is 11.7 Å². The monoisotopic (exact) mass is 280 g/mol. The van der Waals surface area contributed by atoms with E-state index in [1.54, 1.807) is 0 Å². The van der Waals surface area contributed by atoms with Crippen LogP contribution in [0.25, 0.3) is 0 Å². The second-order valence-electron chi connectivity index (χ2n) is 5.82. The highest BCUT2D eigenvalue weighted by atomic mass is 35.5. The highest BCUT2D eigenvalue weighted by Crippen LogP contribution is 2.34. The van der Waals surface area contributed by atoms with Crippen molar-refractivity contribution in [2.75, 3.05) is 11.9 Å². The molecule has 19 heavy (non-hydrogen) atoms. The molecule has 0 aliphatic heterocycles. The average molecular weight is 281 g/mol. The van der Waals surface area contributed by atoms with Gasteiger partial charge in [-0.3, -0.25) is 0 Å². The largest absolute Gasteiger partial charge is 0.378 e. The summed E-state index contributed by atoms with van der Waals surface area (Å²) in [5.41, 5.74) is 7.28. The van der Waals surface area contributed by atoms with E-state index in [-0.39, 0.29) is 5.54 Å². The fourth-order valence-corrected chi connectivity index (χ4v) is 3.23. The van der Waals surface area contributed by atoms with Crippen LogP contribution in [0.5, 0.6) is 0 Å². The molecule has 0 aromatic heterocycles. The SMILES string of the molecule is CCC1CCCC(CN)(Nc2ccc(Cl)cc2)CC1. The molecule has 1 aliphatic carbocycles. The van der Waals surface area contributed by atoms with Crippen LogP contribution in [-0.2, 0) is 0 Å². The number of rotatable bonds is 4. The molecule has 2 unspecified atom stereocenters. The van der Waals surface area contributed by atoms with E-state index in [2.05, 4.69) is 12.2 Å². The van der Waals surface area contributed by atoms with Crippen LogP contribution in [0.2, 0.25) is 5.02 Å². The second-order valence-corrected chi connectivity index (χ2v) is 6.26. The Labute approximate surface area is 121 Å². The lowest BCUT2D eigenvalue weighted by Crippen LogP contribution is -2.45. The summed E-state index contributed by atoms with van der Waals surface area (Å²) in [5.74, 6) is 0.875. The van der Waals surface area contributed by atoms with Crippen molar-refractivity contribution < 1.29 is 0 Å². The zero-order valence-electron chi connectivity index (χ0n) is 11.8. The summed E-state index contributed by atoms with van der Waals surface area (Å²) in [6, 6.07) is 7.95. The molecule has 0 spiro atoms. The standard InChI is InChI=1S/C16H25ClN2/c1-2-13-4-3-10-16(12-18,11-9-13)19-15-7-5-14(17)6-8-15/h5-8,13,19H,2-4,9-12,18H2,1H3. The third-order valence-electron chi connectivity index (χ3n) is 4.52. The van der Waals surface area contributed by atoms with Crippen LogP contribution in [0.1, 0.15) is 45.4 Å². The van der Waals surface area contributed by atoms with E-state index in [1.165, 1.54) is 38.5 Å². The first-order chi connectivity index (χ1) is 9.17. The molecule has 106 valence electrons. The molecule has 0 saturated heterocycles. The first-order valence-corrected chi connectivity index (χ1v) is 7.79. The van der Waals surface area contributed by atoms with Crippen LogP contribution in [0, 0.1) is 5.92 Å². The summed E-state index contributed by atoms with van der Waals surface area (Å²) < 4.78 is 0. The predicted molar refractivity (Wildman–Crippen MR) is 83.7 cm³/mol. The lowest BCUT2D eigenvalue weighted by Gasteiger charge is -2.34. The summed E-state index contributed by atoms with van der Waals surface area (Å²) >= 11 is 5.93. The van der Waals surface area contributed by atoms with Gasteiger partial charge in [-0.1, -0.05) is 37.8 Å². The van der Waals surface area contributed by atoms with Gasteiger partial charge in [0, 0.05) is 22.8 Å². The second kappa shape index (κ2) is 6.62. The highest BCUT2D eigenvalue weighted by molar-refractivity contribution is 6.30. The summed E-state index contributed by atoms with van der Waals surface area (Å²) in [4.78, 5) is 0. The Morgan fingerprint density at radius 3 is 2.63 bits per heavy atom. The third-order valence-corrected chi connectivity index (χ3v) is 4.77. The van der Waals surface area contributed by atoms with Gasteiger partial charge in [-0.2, -0.15) is 0 Å². The van der Waals surface area contributed by atoms with Gasteiger partial charge in [-0.25, -0.2) is 0 Å². The summed E-state index contributed by atoms with van der Waals surface area (Å²) in [7, 11) is 0. The Morgan fingerprint density at radius 2 is 2.00 bits per heavy atom. The number of halogens is 1. The lowest BCUT2D eigenvalue weighted by atomic mass is 9.89. The van der Waals surface area contributed by atoms with Crippen molar-refractivity contribution >= 4 is 17.3 Å². The number of nitrogens with one attached hydrogen (secondary N) is 1. The van der Waals surface area contributed by atoms with E-state index in [4.69, 9.17) is 17.3 Å². The molecule has 1 aromatic carbocycles. The van der Waals surface area contributed by atoms with Crippen LogP contribution < -0.4 is 11.1 Å². The summed E-state index contributed by atoms with van der Waals surface area (Å²) in [6.07, 6.45) is 7.54. The van der Waals surface area contributed by atoms with Crippen molar-refractivity contribution in [1.29, 1.82) is 0 Å². The molecular formula is C16H25ClN2. The minimum atomic E-state index is 0.0672. The highest BCUT2D eigenvalue weighted by Gasteiger charge is 2.31. The quantitative estimate of drug-likeness (QED) is 0.800. The first-order valence-electron chi connectivity index (χ1n) is 7.41. The molecule has 2 rings (SSSR count). The van der Waals surface area contributed by atoms with Gasteiger partial charge in [0.2, 0.25) is 0 Å². The minimum Gasteiger partial charge on any atom is -0.378 e.